The topological polar surface area (TPSA) is 25.8 Å². The summed E-state index contributed by atoms with van der Waals surface area (Å²) in [7, 11) is 0. The van der Waals surface area contributed by atoms with Crippen LogP contribution in [-0.4, -0.2) is 9.97 Å². The van der Waals surface area contributed by atoms with E-state index >= 15 is 0 Å². The van der Waals surface area contributed by atoms with Crippen molar-refractivity contribution in [2.45, 2.75) is 44.9 Å². The molecule has 0 bridgehead atoms. The molecular weight excluding hydrogens is 322 g/mol. The van der Waals surface area contributed by atoms with E-state index in [2.05, 4.69) is 53.3 Å². The molecule has 0 saturated heterocycles. The zero-order valence-corrected chi connectivity index (χ0v) is 12.1. The largest absolute Gasteiger partial charge is 0.236 e. The SMILES string of the molecule is CC(C)(C)c1nc(C2CC2)nc(Cl)c1I. The van der Waals surface area contributed by atoms with Crippen LogP contribution in [0.4, 0.5) is 0 Å². The third-order valence-electron chi connectivity index (χ3n) is 2.48. The highest BCUT2D eigenvalue weighted by Crippen LogP contribution is 2.40. The lowest BCUT2D eigenvalue weighted by Gasteiger charge is -2.20. The minimum atomic E-state index is 0.0345. The van der Waals surface area contributed by atoms with Gasteiger partial charge in [-0.3, -0.25) is 0 Å². The van der Waals surface area contributed by atoms with E-state index in [1.54, 1.807) is 0 Å². The van der Waals surface area contributed by atoms with Crippen molar-refractivity contribution in [1.82, 2.24) is 9.97 Å². The van der Waals surface area contributed by atoms with Crippen molar-refractivity contribution < 1.29 is 0 Å². The quantitative estimate of drug-likeness (QED) is 0.574. The molecule has 1 saturated carbocycles. The average Bonchev–Trinajstić information content (AvgIpc) is 2.90. The summed E-state index contributed by atoms with van der Waals surface area (Å²) >= 11 is 8.37. The lowest BCUT2D eigenvalue weighted by atomic mass is 9.92. The van der Waals surface area contributed by atoms with Gasteiger partial charge >= 0.3 is 0 Å². The number of hydrogen-bond acceptors (Lipinski definition) is 2. The molecule has 0 aliphatic heterocycles. The van der Waals surface area contributed by atoms with Crippen molar-refractivity contribution in [3.63, 3.8) is 0 Å². The van der Waals surface area contributed by atoms with Crippen LogP contribution in [-0.2, 0) is 5.41 Å². The molecule has 0 unspecified atom stereocenters. The average molecular weight is 337 g/mol. The van der Waals surface area contributed by atoms with Crippen molar-refractivity contribution >= 4 is 34.2 Å². The Morgan fingerprint density at radius 2 is 1.87 bits per heavy atom. The van der Waals surface area contributed by atoms with Crippen LogP contribution in [0, 0.1) is 3.57 Å². The second kappa shape index (κ2) is 3.84. The predicted octanol–water partition coefficient (Wildman–Crippen LogP) is 3.91. The standard InChI is InChI=1S/C11H14ClIN2/c1-11(2,3)8-7(13)9(12)15-10(14-8)6-4-5-6/h6H,4-5H2,1-3H3. The first-order valence-electron chi connectivity index (χ1n) is 5.13. The maximum absolute atomic E-state index is 6.14. The van der Waals surface area contributed by atoms with E-state index in [9.17, 15) is 0 Å². The van der Waals surface area contributed by atoms with Crippen LogP contribution in [0.5, 0.6) is 0 Å². The van der Waals surface area contributed by atoms with Crippen LogP contribution in [0.2, 0.25) is 5.15 Å². The van der Waals surface area contributed by atoms with E-state index in [0.717, 1.165) is 15.1 Å². The van der Waals surface area contributed by atoms with E-state index in [4.69, 9.17) is 11.6 Å². The van der Waals surface area contributed by atoms with Gasteiger partial charge in [0.1, 0.15) is 11.0 Å². The number of aromatic nitrogens is 2. The molecule has 1 fully saturated rings. The maximum atomic E-state index is 6.14. The molecule has 1 aromatic rings. The first-order chi connectivity index (χ1) is 6.89. The van der Waals surface area contributed by atoms with E-state index in [-0.39, 0.29) is 5.41 Å². The van der Waals surface area contributed by atoms with Crippen LogP contribution in [0.15, 0.2) is 0 Å². The lowest BCUT2D eigenvalue weighted by Crippen LogP contribution is -2.18. The van der Waals surface area contributed by atoms with Crippen molar-refractivity contribution in [2.75, 3.05) is 0 Å². The van der Waals surface area contributed by atoms with Crippen LogP contribution < -0.4 is 0 Å². The maximum Gasteiger partial charge on any atom is 0.146 e. The Morgan fingerprint density at radius 3 is 2.33 bits per heavy atom. The molecule has 0 atom stereocenters. The number of halogens is 2. The fourth-order valence-corrected chi connectivity index (χ4v) is 2.68. The van der Waals surface area contributed by atoms with Crippen LogP contribution in [0.25, 0.3) is 0 Å². The summed E-state index contributed by atoms with van der Waals surface area (Å²) in [5, 5.41) is 0.609. The molecule has 0 N–H and O–H groups in total. The van der Waals surface area contributed by atoms with E-state index < -0.39 is 0 Å². The van der Waals surface area contributed by atoms with Gasteiger partial charge in [0.25, 0.3) is 0 Å². The van der Waals surface area contributed by atoms with Gasteiger partial charge in [0.2, 0.25) is 0 Å². The summed E-state index contributed by atoms with van der Waals surface area (Å²) in [5.74, 6) is 1.49. The lowest BCUT2D eigenvalue weighted by molar-refractivity contribution is 0.557. The highest BCUT2D eigenvalue weighted by atomic mass is 127. The first-order valence-corrected chi connectivity index (χ1v) is 6.58. The third kappa shape index (κ3) is 2.44. The van der Waals surface area contributed by atoms with Gasteiger partial charge in [-0.2, -0.15) is 0 Å². The molecular formula is C11H14ClIN2. The summed E-state index contributed by atoms with van der Waals surface area (Å²) in [4.78, 5) is 9.02. The van der Waals surface area contributed by atoms with Crippen molar-refractivity contribution in [2.24, 2.45) is 0 Å². The fraction of sp³-hybridized carbons (Fsp3) is 0.636. The van der Waals surface area contributed by atoms with Gasteiger partial charge in [-0.25, -0.2) is 9.97 Å². The molecule has 15 heavy (non-hydrogen) atoms. The molecule has 0 spiro atoms. The summed E-state index contributed by atoms with van der Waals surface area (Å²) in [6.45, 7) is 6.47. The Kier molecular flexibility index (Phi) is 2.97. The molecule has 1 aliphatic carbocycles. The number of rotatable bonds is 1. The number of nitrogens with zero attached hydrogens (tertiary/aromatic N) is 2. The highest BCUT2D eigenvalue weighted by Gasteiger charge is 2.30. The first kappa shape index (κ1) is 11.6. The molecule has 82 valence electrons. The normalized spacial score (nSPS) is 16.9. The van der Waals surface area contributed by atoms with Gasteiger partial charge in [-0.15, -0.1) is 0 Å². The fourth-order valence-electron chi connectivity index (χ4n) is 1.46. The molecule has 4 heteroatoms. The molecule has 2 rings (SSSR count). The smallest absolute Gasteiger partial charge is 0.146 e. The van der Waals surface area contributed by atoms with E-state index in [1.165, 1.54) is 12.8 Å². The third-order valence-corrected chi connectivity index (χ3v) is 4.10. The Balaban J connectivity index is 2.52. The van der Waals surface area contributed by atoms with Gasteiger partial charge < -0.3 is 0 Å². The zero-order valence-electron chi connectivity index (χ0n) is 9.14. The molecule has 1 heterocycles. The molecule has 0 radical (unpaired) electrons. The minimum Gasteiger partial charge on any atom is -0.236 e. The predicted molar refractivity (Wildman–Crippen MR) is 70.4 cm³/mol. The Morgan fingerprint density at radius 1 is 1.27 bits per heavy atom. The monoisotopic (exact) mass is 336 g/mol. The van der Waals surface area contributed by atoms with Gasteiger partial charge in [-0.1, -0.05) is 32.4 Å². The molecule has 1 aliphatic rings. The van der Waals surface area contributed by atoms with Gasteiger partial charge in [0, 0.05) is 11.3 Å². The zero-order chi connectivity index (χ0) is 11.2. The van der Waals surface area contributed by atoms with Gasteiger partial charge in [-0.05, 0) is 35.4 Å². The highest BCUT2D eigenvalue weighted by molar-refractivity contribution is 14.1. The van der Waals surface area contributed by atoms with E-state index in [0.29, 0.717) is 11.1 Å². The van der Waals surface area contributed by atoms with Crippen LogP contribution >= 0.6 is 34.2 Å². The van der Waals surface area contributed by atoms with Crippen molar-refractivity contribution in [3.05, 3.63) is 20.2 Å². The summed E-state index contributed by atoms with van der Waals surface area (Å²) in [6, 6.07) is 0. The van der Waals surface area contributed by atoms with Gasteiger partial charge in [0.15, 0.2) is 0 Å². The Hall–Kier alpha value is 0.100. The second-order valence-electron chi connectivity index (χ2n) is 5.06. The summed E-state index contributed by atoms with van der Waals surface area (Å²) in [5.41, 5.74) is 1.11. The van der Waals surface area contributed by atoms with Crippen LogP contribution in [0.3, 0.4) is 0 Å². The van der Waals surface area contributed by atoms with Crippen LogP contribution in [0.1, 0.15) is 51.0 Å². The Bertz CT molecular complexity index is 394. The van der Waals surface area contributed by atoms with Crippen molar-refractivity contribution in [1.29, 1.82) is 0 Å². The molecule has 2 nitrogen and oxygen atoms in total. The van der Waals surface area contributed by atoms with E-state index in [1.807, 2.05) is 0 Å². The molecule has 1 aromatic heterocycles. The number of hydrogen-bond donors (Lipinski definition) is 0. The minimum absolute atomic E-state index is 0.0345. The second-order valence-corrected chi connectivity index (χ2v) is 6.50. The molecule has 0 aromatic carbocycles. The molecule has 0 amide bonds. The Labute approximate surface area is 109 Å². The summed E-state index contributed by atoms with van der Waals surface area (Å²) < 4.78 is 0.992. The van der Waals surface area contributed by atoms with Crippen molar-refractivity contribution in [3.8, 4) is 0 Å². The van der Waals surface area contributed by atoms with Gasteiger partial charge in [0.05, 0.1) is 9.26 Å². The summed E-state index contributed by atoms with van der Waals surface area (Å²) in [6.07, 6.45) is 2.42.